The number of halogens is 1. The first-order valence-electron chi connectivity index (χ1n) is 8.96. The van der Waals surface area contributed by atoms with Crippen LogP contribution in [0.3, 0.4) is 0 Å². The Morgan fingerprint density at radius 1 is 1.12 bits per heavy atom. The summed E-state index contributed by atoms with van der Waals surface area (Å²) in [5.41, 5.74) is 10.6. The number of pyridine rings is 1. The Kier molecular flexibility index (Phi) is 7.68. The zero-order chi connectivity index (χ0) is 17.6. The highest BCUT2D eigenvalue weighted by atomic mass is 127. The Bertz CT molecular complexity index is 754. The molecule has 1 saturated heterocycles. The molecule has 1 aliphatic rings. The van der Waals surface area contributed by atoms with Gasteiger partial charge in [0.1, 0.15) is 5.82 Å². The Morgan fingerprint density at radius 2 is 1.88 bits per heavy atom. The van der Waals surface area contributed by atoms with E-state index in [4.69, 9.17) is 5.73 Å². The number of aryl methyl sites for hydroxylation is 2. The van der Waals surface area contributed by atoms with Crippen LogP contribution in [0.1, 0.15) is 36.0 Å². The van der Waals surface area contributed by atoms with Gasteiger partial charge in [-0.1, -0.05) is 6.07 Å². The molecule has 0 unspecified atom stereocenters. The van der Waals surface area contributed by atoms with Gasteiger partial charge >= 0.3 is 0 Å². The minimum absolute atomic E-state index is 0. The molecule has 0 atom stereocenters. The minimum atomic E-state index is 0. The number of anilines is 2. The maximum Gasteiger partial charge on any atom is 0.193 e. The summed E-state index contributed by atoms with van der Waals surface area (Å²) in [6, 6.07) is 10.3. The van der Waals surface area contributed by atoms with Crippen molar-refractivity contribution in [2.24, 2.45) is 10.7 Å². The molecule has 140 valence electrons. The second-order valence-electron chi connectivity index (χ2n) is 6.70. The van der Waals surface area contributed by atoms with Gasteiger partial charge < -0.3 is 16.0 Å². The zero-order valence-corrected chi connectivity index (χ0v) is 17.9. The molecule has 5 nitrogen and oxygen atoms in total. The summed E-state index contributed by atoms with van der Waals surface area (Å²) in [5, 5.41) is 3.16. The molecule has 0 aliphatic carbocycles. The lowest BCUT2D eigenvalue weighted by atomic mass is 10.1. The van der Waals surface area contributed by atoms with Crippen LogP contribution in [0, 0.1) is 13.8 Å². The number of rotatable bonds is 4. The molecule has 1 aromatic carbocycles. The molecule has 0 bridgehead atoms. The standard InChI is InChI=1S/C20H27N5.HI/c1-15-6-7-18(12-16(15)2)24-20(21)23-14-17-8-9-22-19(13-17)25-10-4-3-5-11-25;/h6-9,12-13H,3-5,10-11,14H2,1-2H3,(H3,21,23,24);1H. The van der Waals surface area contributed by atoms with E-state index in [0.29, 0.717) is 12.5 Å². The van der Waals surface area contributed by atoms with Gasteiger partial charge in [0.15, 0.2) is 5.96 Å². The van der Waals surface area contributed by atoms with Crippen molar-refractivity contribution in [2.75, 3.05) is 23.3 Å². The summed E-state index contributed by atoms with van der Waals surface area (Å²) in [6.07, 6.45) is 5.68. The smallest absolute Gasteiger partial charge is 0.193 e. The number of hydrogen-bond acceptors (Lipinski definition) is 3. The number of nitrogens with zero attached hydrogens (tertiary/aromatic N) is 3. The molecule has 0 radical (unpaired) electrons. The molecule has 0 amide bonds. The predicted molar refractivity (Wildman–Crippen MR) is 121 cm³/mol. The van der Waals surface area contributed by atoms with Gasteiger partial charge in [0, 0.05) is 25.0 Å². The fourth-order valence-corrected chi connectivity index (χ4v) is 3.04. The van der Waals surface area contributed by atoms with Gasteiger partial charge in [0.25, 0.3) is 0 Å². The highest BCUT2D eigenvalue weighted by Gasteiger charge is 2.12. The Labute approximate surface area is 173 Å². The number of nitrogens with one attached hydrogen (secondary N) is 1. The third kappa shape index (κ3) is 5.59. The van der Waals surface area contributed by atoms with Crippen molar-refractivity contribution in [3.05, 3.63) is 53.2 Å². The average molecular weight is 465 g/mol. The molecule has 1 aromatic heterocycles. The number of hydrogen-bond donors (Lipinski definition) is 2. The van der Waals surface area contributed by atoms with Crippen LogP contribution in [-0.2, 0) is 6.54 Å². The molecular weight excluding hydrogens is 437 g/mol. The summed E-state index contributed by atoms with van der Waals surface area (Å²) < 4.78 is 0. The van der Waals surface area contributed by atoms with E-state index in [-0.39, 0.29) is 24.0 Å². The maximum atomic E-state index is 6.04. The molecule has 0 spiro atoms. The van der Waals surface area contributed by atoms with Crippen molar-refractivity contribution in [1.29, 1.82) is 0 Å². The number of benzene rings is 1. The van der Waals surface area contributed by atoms with Crippen molar-refractivity contribution in [3.8, 4) is 0 Å². The van der Waals surface area contributed by atoms with Crippen LogP contribution in [-0.4, -0.2) is 24.0 Å². The second kappa shape index (κ2) is 9.75. The molecule has 2 heterocycles. The first-order valence-corrected chi connectivity index (χ1v) is 8.96. The average Bonchev–Trinajstić information content (AvgIpc) is 2.64. The highest BCUT2D eigenvalue weighted by Crippen LogP contribution is 2.19. The third-order valence-corrected chi connectivity index (χ3v) is 4.70. The maximum absolute atomic E-state index is 6.04. The van der Waals surface area contributed by atoms with E-state index in [1.165, 1.54) is 30.4 Å². The van der Waals surface area contributed by atoms with Crippen LogP contribution in [0.5, 0.6) is 0 Å². The molecule has 1 fully saturated rings. The van der Waals surface area contributed by atoms with E-state index in [0.717, 1.165) is 30.2 Å². The predicted octanol–water partition coefficient (Wildman–Crippen LogP) is 4.23. The number of guanidine groups is 1. The second-order valence-corrected chi connectivity index (χ2v) is 6.70. The molecule has 3 rings (SSSR count). The van der Waals surface area contributed by atoms with Crippen molar-refractivity contribution in [3.63, 3.8) is 0 Å². The number of nitrogens with two attached hydrogens (primary N) is 1. The van der Waals surface area contributed by atoms with E-state index in [2.05, 4.69) is 52.2 Å². The van der Waals surface area contributed by atoms with E-state index in [1.807, 2.05) is 18.3 Å². The van der Waals surface area contributed by atoms with Crippen LogP contribution in [0.15, 0.2) is 41.5 Å². The highest BCUT2D eigenvalue weighted by molar-refractivity contribution is 14.0. The molecule has 2 aromatic rings. The van der Waals surface area contributed by atoms with Crippen molar-refractivity contribution >= 4 is 41.4 Å². The lowest BCUT2D eigenvalue weighted by Crippen LogP contribution is -2.30. The Balaban J connectivity index is 0.00000243. The van der Waals surface area contributed by atoms with E-state index >= 15 is 0 Å². The van der Waals surface area contributed by atoms with Gasteiger partial charge in [0.2, 0.25) is 0 Å². The quantitative estimate of drug-likeness (QED) is 0.403. The van der Waals surface area contributed by atoms with Gasteiger partial charge in [-0.15, -0.1) is 24.0 Å². The first-order chi connectivity index (χ1) is 12.1. The monoisotopic (exact) mass is 465 g/mol. The van der Waals surface area contributed by atoms with Crippen LogP contribution in [0.25, 0.3) is 0 Å². The summed E-state index contributed by atoms with van der Waals surface area (Å²) >= 11 is 0. The number of piperidine rings is 1. The van der Waals surface area contributed by atoms with Crippen molar-refractivity contribution in [2.45, 2.75) is 39.7 Å². The summed E-state index contributed by atoms with van der Waals surface area (Å²) in [6.45, 7) is 6.92. The van der Waals surface area contributed by atoms with E-state index < -0.39 is 0 Å². The molecular formula is C20H28IN5. The van der Waals surface area contributed by atoms with Gasteiger partial charge in [-0.25, -0.2) is 9.98 Å². The number of aliphatic imine (C=N–C) groups is 1. The van der Waals surface area contributed by atoms with Gasteiger partial charge in [-0.05, 0) is 74.1 Å². The molecule has 26 heavy (non-hydrogen) atoms. The van der Waals surface area contributed by atoms with Crippen LogP contribution < -0.4 is 16.0 Å². The fraction of sp³-hybridized carbons (Fsp3) is 0.400. The van der Waals surface area contributed by atoms with Crippen LogP contribution in [0.4, 0.5) is 11.5 Å². The lowest BCUT2D eigenvalue weighted by molar-refractivity contribution is 0.573. The van der Waals surface area contributed by atoms with Crippen LogP contribution >= 0.6 is 24.0 Å². The van der Waals surface area contributed by atoms with E-state index in [1.54, 1.807) is 0 Å². The topological polar surface area (TPSA) is 66.5 Å². The minimum Gasteiger partial charge on any atom is -0.370 e. The summed E-state index contributed by atoms with van der Waals surface area (Å²) in [7, 11) is 0. The Hall–Kier alpha value is -1.83. The fourth-order valence-electron chi connectivity index (χ4n) is 3.04. The molecule has 0 saturated carbocycles. The largest absolute Gasteiger partial charge is 0.370 e. The SMILES string of the molecule is Cc1ccc(NC(N)=NCc2ccnc(N3CCCCC3)c2)cc1C.I. The Morgan fingerprint density at radius 3 is 2.62 bits per heavy atom. The van der Waals surface area contributed by atoms with E-state index in [9.17, 15) is 0 Å². The normalized spacial score (nSPS) is 14.7. The van der Waals surface area contributed by atoms with Crippen LogP contribution in [0.2, 0.25) is 0 Å². The number of aromatic nitrogens is 1. The molecule has 1 aliphatic heterocycles. The summed E-state index contributed by atoms with van der Waals surface area (Å²) in [4.78, 5) is 11.3. The van der Waals surface area contributed by atoms with Gasteiger partial charge in [-0.3, -0.25) is 0 Å². The zero-order valence-electron chi connectivity index (χ0n) is 15.5. The molecule has 3 N–H and O–H groups in total. The molecule has 6 heteroatoms. The first kappa shape index (κ1) is 20.5. The van der Waals surface area contributed by atoms with Crippen molar-refractivity contribution < 1.29 is 0 Å². The van der Waals surface area contributed by atoms with Gasteiger partial charge in [0.05, 0.1) is 6.54 Å². The third-order valence-electron chi connectivity index (χ3n) is 4.70. The van der Waals surface area contributed by atoms with Crippen molar-refractivity contribution in [1.82, 2.24) is 4.98 Å². The van der Waals surface area contributed by atoms with Gasteiger partial charge in [-0.2, -0.15) is 0 Å². The summed E-state index contributed by atoms with van der Waals surface area (Å²) in [5.74, 6) is 1.48. The lowest BCUT2D eigenvalue weighted by Gasteiger charge is -2.27.